The van der Waals surface area contributed by atoms with Gasteiger partial charge >= 0.3 is 0 Å². The van der Waals surface area contributed by atoms with E-state index in [-0.39, 0.29) is 10.8 Å². The van der Waals surface area contributed by atoms with E-state index in [1.165, 1.54) is 39.2 Å². The maximum atomic E-state index is 4.64. The molecule has 1 aliphatic heterocycles. The lowest BCUT2D eigenvalue weighted by Crippen LogP contribution is -2.29. The summed E-state index contributed by atoms with van der Waals surface area (Å²) in [5.41, 5.74) is 10.0. The van der Waals surface area contributed by atoms with Gasteiger partial charge in [0, 0.05) is 29.3 Å². The Morgan fingerprint density at radius 2 is 1.41 bits per heavy atom. The molecule has 0 aromatic heterocycles. The van der Waals surface area contributed by atoms with E-state index in [4.69, 9.17) is 0 Å². The van der Waals surface area contributed by atoms with Crippen LogP contribution in [0.1, 0.15) is 41.7 Å². The Kier molecular flexibility index (Phi) is 7.44. The molecule has 0 bridgehead atoms. The standard InChI is InChI=1S/C38H39N/c1-29-17-12-13-23-33(29)37(3,27-31-19-8-6-9-20-31)30(2)18-16-26-36-38(4,28-32-21-10-7-11-22-32)34-24-14-15-25-35(34)39(36)5/h6-26H,2,27-28H2,1,3-5H3/b18-16+,36-26+. The molecule has 0 aliphatic carbocycles. The van der Waals surface area contributed by atoms with E-state index in [9.17, 15) is 0 Å². The summed E-state index contributed by atoms with van der Waals surface area (Å²) in [6, 6.07) is 39.1. The van der Waals surface area contributed by atoms with Crippen molar-refractivity contribution in [2.45, 2.75) is 44.4 Å². The van der Waals surface area contributed by atoms with E-state index < -0.39 is 0 Å². The van der Waals surface area contributed by atoms with Crippen LogP contribution < -0.4 is 4.90 Å². The van der Waals surface area contributed by atoms with Crippen LogP contribution in [0.15, 0.2) is 145 Å². The Bertz CT molecular complexity index is 1510. The number of hydrogen-bond donors (Lipinski definition) is 0. The van der Waals surface area contributed by atoms with Crippen LogP contribution in [0.5, 0.6) is 0 Å². The molecular formula is C38H39N. The number of anilines is 1. The summed E-state index contributed by atoms with van der Waals surface area (Å²) < 4.78 is 0. The van der Waals surface area contributed by atoms with Crippen LogP contribution in [0, 0.1) is 6.92 Å². The van der Waals surface area contributed by atoms with Gasteiger partial charge in [0.2, 0.25) is 0 Å². The normalized spacial score (nSPS) is 19.3. The van der Waals surface area contributed by atoms with Crippen molar-refractivity contribution in [2.24, 2.45) is 0 Å². The van der Waals surface area contributed by atoms with Gasteiger partial charge in [0.05, 0.1) is 0 Å². The molecule has 2 unspecified atom stereocenters. The minimum atomic E-state index is -0.223. The summed E-state index contributed by atoms with van der Waals surface area (Å²) >= 11 is 0. The molecule has 0 N–H and O–H groups in total. The van der Waals surface area contributed by atoms with Crippen molar-refractivity contribution in [3.63, 3.8) is 0 Å². The van der Waals surface area contributed by atoms with Crippen molar-refractivity contribution in [1.29, 1.82) is 0 Å². The zero-order valence-corrected chi connectivity index (χ0v) is 23.7. The van der Waals surface area contributed by atoms with Crippen LogP contribution in [0.25, 0.3) is 0 Å². The zero-order valence-electron chi connectivity index (χ0n) is 23.7. The number of para-hydroxylation sites is 1. The van der Waals surface area contributed by atoms with Crippen molar-refractivity contribution < 1.29 is 0 Å². The average molecular weight is 510 g/mol. The summed E-state index contributed by atoms with van der Waals surface area (Å²) in [7, 11) is 2.19. The molecule has 5 rings (SSSR count). The number of aryl methyl sites for hydroxylation is 1. The summed E-state index contributed by atoms with van der Waals surface area (Å²) in [6.45, 7) is 11.6. The molecule has 1 heterocycles. The first-order chi connectivity index (χ1) is 18.8. The van der Waals surface area contributed by atoms with Crippen molar-refractivity contribution in [1.82, 2.24) is 0 Å². The SMILES string of the molecule is C=C(/C=C/C=C1/N(C)c2ccccc2C1(C)Cc1ccccc1)C(C)(Cc1ccccc1)c1ccccc1C. The second kappa shape index (κ2) is 10.9. The van der Waals surface area contributed by atoms with Gasteiger partial charge < -0.3 is 4.90 Å². The molecule has 39 heavy (non-hydrogen) atoms. The molecule has 1 nitrogen and oxygen atoms in total. The van der Waals surface area contributed by atoms with Crippen LogP contribution >= 0.6 is 0 Å². The lowest BCUT2D eigenvalue weighted by molar-refractivity contribution is 0.563. The van der Waals surface area contributed by atoms with Crippen LogP contribution in [0.4, 0.5) is 5.69 Å². The van der Waals surface area contributed by atoms with Crippen LogP contribution in [0.2, 0.25) is 0 Å². The second-order valence-corrected chi connectivity index (χ2v) is 11.3. The predicted octanol–water partition coefficient (Wildman–Crippen LogP) is 9.14. The van der Waals surface area contributed by atoms with E-state index in [1.807, 2.05) is 0 Å². The molecule has 4 aromatic rings. The summed E-state index contributed by atoms with van der Waals surface area (Å²) in [5, 5.41) is 0. The molecule has 0 saturated heterocycles. The largest absolute Gasteiger partial charge is 0.347 e. The maximum Gasteiger partial charge on any atom is 0.0448 e. The van der Waals surface area contributed by atoms with Gasteiger partial charge in [0.15, 0.2) is 0 Å². The molecule has 0 amide bonds. The van der Waals surface area contributed by atoms with E-state index in [0.29, 0.717) is 0 Å². The van der Waals surface area contributed by atoms with Crippen LogP contribution in [-0.4, -0.2) is 7.05 Å². The van der Waals surface area contributed by atoms with Gasteiger partial charge in [-0.2, -0.15) is 0 Å². The fourth-order valence-electron chi connectivity index (χ4n) is 6.37. The highest BCUT2D eigenvalue weighted by Gasteiger charge is 2.41. The van der Waals surface area contributed by atoms with Gasteiger partial charge in [-0.15, -0.1) is 0 Å². The van der Waals surface area contributed by atoms with E-state index in [0.717, 1.165) is 18.4 Å². The maximum absolute atomic E-state index is 4.64. The molecule has 2 atom stereocenters. The molecule has 0 radical (unpaired) electrons. The topological polar surface area (TPSA) is 3.24 Å². The Hall–Kier alpha value is -4.10. The summed E-state index contributed by atoms with van der Waals surface area (Å²) in [6.07, 6.45) is 8.59. The minimum absolute atomic E-state index is 0.123. The van der Waals surface area contributed by atoms with Gasteiger partial charge in [-0.25, -0.2) is 0 Å². The van der Waals surface area contributed by atoms with Gasteiger partial charge in [-0.3, -0.25) is 0 Å². The molecule has 1 heteroatoms. The highest BCUT2D eigenvalue weighted by atomic mass is 15.2. The Morgan fingerprint density at radius 1 is 0.821 bits per heavy atom. The zero-order chi connectivity index (χ0) is 27.5. The monoisotopic (exact) mass is 509 g/mol. The lowest BCUT2D eigenvalue weighted by atomic mass is 9.70. The first kappa shape index (κ1) is 26.5. The van der Waals surface area contributed by atoms with Crippen LogP contribution in [-0.2, 0) is 23.7 Å². The molecule has 196 valence electrons. The third kappa shape index (κ3) is 5.14. The first-order valence-electron chi connectivity index (χ1n) is 13.9. The summed E-state index contributed by atoms with van der Waals surface area (Å²) in [4.78, 5) is 2.36. The lowest BCUT2D eigenvalue weighted by Gasteiger charge is -2.33. The number of nitrogens with zero attached hydrogens (tertiary/aromatic N) is 1. The molecule has 0 fully saturated rings. The molecular weight excluding hydrogens is 470 g/mol. The van der Waals surface area contributed by atoms with Gasteiger partial charge in [0.25, 0.3) is 0 Å². The Morgan fingerprint density at radius 3 is 2.10 bits per heavy atom. The van der Waals surface area contributed by atoms with E-state index in [1.54, 1.807) is 0 Å². The minimum Gasteiger partial charge on any atom is -0.347 e. The van der Waals surface area contributed by atoms with Gasteiger partial charge in [-0.05, 0) is 72.2 Å². The highest BCUT2D eigenvalue weighted by molar-refractivity contribution is 5.71. The molecule has 0 spiro atoms. The quantitative estimate of drug-likeness (QED) is 0.214. The Balaban J connectivity index is 1.51. The third-order valence-electron chi connectivity index (χ3n) is 8.59. The molecule has 4 aromatic carbocycles. The van der Waals surface area contributed by atoms with Crippen molar-refractivity contribution in [3.05, 3.63) is 173 Å². The number of hydrogen-bond acceptors (Lipinski definition) is 1. The summed E-state index contributed by atoms with van der Waals surface area (Å²) in [5.74, 6) is 0. The molecule has 0 saturated carbocycles. The predicted molar refractivity (Wildman–Crippen MR) is 167 cm³/mol. The Labute approximate surface area is 234 Å². The average Bonchev–Trinajstić information content (AvgIpc) is 3.16. The van der Waals surface area contributed by atoms with E-state index in [2.05, 4.69) is 167 Å². The number of allylic oxidation sites excluding steroid dienone is 5. The van der Waals surface area contributed by atoms with Crippen LogP contribution in [0.3, 0.4) is 0 Å². The van der Waals surface area contributed by atoms with Crippen molar-refractivity contribution in [2.75, 3.05) is 11.9 Å². The molecule has 1 aliphatic rings. The van der Waals surface area contributed by atoms with Crippen molar-refractivity contribution >= 4 is 5.69 Å². The van der Waals surface area contributed by atoms with E-state index >= 15 is 0 Å². The van der Waals surface area contributed by atoms with Crippen molar-refractivity contribution in [3.8, 4) is 0 Å². The number of rotatable bonds is 8. The fourth-order valence-corrected chi connectivity index (χ4v) is 6.37. The number of fused-ring (bicyclic) bond motifs is 1. The fraction of sp³-hybridized carbons (Fsp3) is 0.211. The van der Waals surface area contributed by atoms with Gasteiger partial charge in [-0.1, -0.05) is 129 Å². The highest BCUT2D eigenvalue weighted by Crippen LogP contribution is 2.49. The third-order valence-corrected chi connectivity index (χ3v) is 8.59. The number of benzene rings is 4. The smallest absolute Gasteiger partial charge is 0.0448 e. The number of likely N-dealkylation sites (N-methyl/N-ethyl adjacent to an activating group) is 1. The second-order valence-electron chi connectivity index (χ2n) is 11.3. The first-order valence-corrected chi connectivity index (χ1v) is 13.9. The van der Waals surface area contributed by atoms with Gasteiger partial charge in [0.1, 0.15) is 0 Å².